The number of nitrogens with zero attached hydrogens (tertiary/aromatic N) is 2. The van der Waals surface area contributed by atoms with Crippen LogP contribution in [-0.4, -0.2) is 65.2 Å². The number of benzene rings is 2. The first-order chi connectivity index (χ1) is 19.8. The van der Waals surface area contributed by atoms with Crippen LogP contribution >= 0.6 is 35.7 Å². The van der Waals surface area contributed by atoms with Gasteiger partial charge in [0.2, 0.25) is 0 Å². The SMILES string of the molecule is COC(=O)C1=C(C(=O)OC)SC(=C2C(=S)C(C)(C)N(C(=O)[C@H](C)N3C(=O)c4ccccc4C3=O)c3cc(C)ccc32)S1. The lowest BCUT2D eigenvalue weighted by molar-refractivity contribution is -0.138. The summed E-state index contributed by atoms with van der Waals surface area (Å²) in [4.78, 5) is 69.0. The molecule has 3 heterocycles. The smallest absolute Gasteiger partial charge is 0.346 e. The molecular formula is C30H26N2O7S3. The van der Waals surface area contributed by atoms with Gasteiger partial charge in [-0.05, 0) is 51.5 Å². The van der Waals surface area contributed by atoms with Crippen LogP contribution in [0.2, 0.25) is 0 Å². The first-order valence-corrected chi connectivity index (χ1v) is 14.9. The van der Waals surface area contributed by atoms with E-state index in [1.54, 1.807) is 38.1 Å². The van der Waals surface area contributed by atoms with Gasteiger partial charge in [-0.15, -0.1) is 0 Å². The number of amides is 3. The summed E-state index contributed by atoms with van der Waals surface area (Å²) in [6.45, 7) is 6.99. The average molecular weight is 623 g/mol. The van der Waals surface area contributed by atoms with E-state index < -0.39 is 41.2 Å². The van der Waals surface area contributed by atoms with Gasteiger partial charge in [-0.1, -0.05) is 60.0 Å². The molecule has 0 spiro atoms. The number of imide groups is 1. The van der Waals surface area contributed by atoms with Crippen molar-refractivity contribution >= 4 is 81.5 Å². The van der Waals surface area contributed by atoms with Gasteiger partial charge in [0.25, 0.3) is 17.7 Å². The molecule has 0 N–H and O–H groups in total. The number of hydrogen-bond donors (Lipinski definition) is 0. The minimum atomic E-state index is -1.13. The highest BCUT2D eigenvalue weighted by atomic mass is 32.2. The molecule has 0 saturated heterocycles. The molecule has 1 atom stereocenters. The second-order valence-corrected chi connectivity index (χ2v) is 13.0. The van der Waals surface area contributed by atoms with Crippen molar-refractivity contribution in [2.24, 2.45) is 0 Å². The van der Waals surface area contributed by atoms with Gasteiger partial charge >= 0.3 is 11.9 Å². The van der Waals surface area contributed by atoms with Crippen molar-refractivity contribution in [3.63, 3.8) is 0 Å². The van der Waals surface area contributed by atoms with Crippen LogP contribution in [0, 0.1) is 6.92 Å². The zero-order chi connectivity index (χ0) is 30.7. The summed E-state index contributed by atoms with van der Waals surface area (Å²) in [5, 5.41) is 0. The molecule has 0 bridgehead atoms. The van der Waals surface area contributed by atoms with E-state index in [4.69, 9.17) is 21.7 Å². The number of rotatable bonds is 4. The fraction of sp³-hybridized carbons (Fsp3) is 0.267. The van der Waals surface area contributed by atoms with Crippen LogP contribution in [0.5, 0.6) is 0 Å². The number of carbonyl (C=O) groups is 5. The summed E-state index contributed by atoms with van der Waals surface area (Å²) in [5.41, 5.74) is 1.99. The van der Waals surface area contributed by atoms with Crippen molar-refractivity contribution in [2.75, 3.05) is 19.1 Å². The van der Waals surface area contributed by atoms with E-state index in [0.717, 1.165) is 34.0 Å². The molecule has 9 nitrogen and oxygen atoms in total. The first kappa shape index (κ1) is 29.7. The molecule has 0 saturated carbocycles. The van der Waals surface area contributed by atoms with Crippen molar-refractivity contribution in [1.29, 1.82) is 0 Å². The van der Waals surface area contributed by atoms with Gasteiger partial charge < -0.3 is 9.47 Å². The lowest BCUT2D eigenvalue weighted by atomic mass is 9.82. The Labute approximate surface area is 256 Å². The van der Waals surface area contributed by atoms with Crippen LogP contribution in [0.25, 0.3) is 5.57 Å². The Morgan fingerprint density at radius 1 is 0.881 bits per heavy atom. The number of esters is 2. The number of thiocarbonyl (C=S) groups is 1. The van der Waals surface area contributed by atoms with Gasteiger partial charge in [0, 0.05) is 11.1 Å². The fourth-order valence-corrected chi connectivity index (χ4v) is 8.21. The van der Waals surface area contributed by atoms with E-state index in [-0.39, 0.29) is 20.9 Å². The third kappa shape index (κ3) is 4.48. The summed E-state index contributed by atoms with van der Waals surface area (Å²) in [6.07, 6.45) is 0. The molecule has 12 heteroatoms. The topological polar surface area (TPSA) is 110 Å². The third-order valence-corrected chi connectivity index (χ3v) is 10.6. The maximum atomic E-state index is 14.3. The van der Waals surface area contributed by atoms with Gasteiger partial charge in [0.05, 0.1) is 45.7 Å². The van der Waals surface area contributed by atoms with Crippen molar-refractivity contribution < 1.29 is 33.4 Å². The summed E-state index contributed by atoms with van der Waals surface area (Å²) >= 11 is 8.14. The molecule has 2 aromatic rings. The zero-order valence-corrected chi connectivity index (χ0v) is 26.0. The van der Waals surface area contributed by atoms with E-state index in [1.807, 2.05) is 25.1 Å². The van der Waals surface area contributed by atoms with E-state index in [0.29, 0.717) is 25.9 Å². The highest BCUT2D eigenvalue weighted by Crippen LogP contribution is 2.56. The highest BCUT2D eigenvalue weighted by Gasteiger charge is 2.50. The molecule has 0 aromatic heterocycles. The van der Waals surface area contributed by atoms with Crippen LogP contribution in [0.1, 0.15) is 52.6 Å². The third-order valence-electron chi connectivity index (χ3n) is 7.34. The van der Waals surface area contributed by atoms with E-state index in [1.165, 1.54) is 26.0 Å². The number of ether oxygens (including phenoxy) is 2. The molecule has 3 aliphatic heterocycles. The van der Waals surface area contributed by atoms with E-state index >= 15 is 0 Å². The fourth-order valence-electron chi connectivity index (χ4n) is 5.18. The summed E-state index contributed by atoms with van der Waals surface area (Å²) < 4.78 is 10.4. The second kappa shape index (κ2) is 10.8. The average Bonchev–Trinajstić information content (AvgIpc) is 3.51. The van der Waals surface area contributed by atoms with Gasteiger partial charge in [0.15, 0.2) is 0 Å². The molecule has 42 heavy (non-hydrogen) atoms. The second-order valence-electron chi connectivity index (χ2n) is 10.3. The molecule has 3 aliphatic rings. The van der Waals surface area contributed by atoms with Crippen LogP contribution in [0.4, 0.5) is 5.69 Å². The van der Waals surface area contributed by atoms with Crippen molar-refractivity contribution in [3.8, 4) is 0 Å². The van der Waals surface area contributed by atoms with Gasteiger partial charge in [-0.3, -0.25) is 24.2 Å². The Bertz CT molecular complexity index is 1630. The predicted octanol–water partition coefficient (Wildman–Crippen LogP) is 4.88. The normalized spacial score (nSPS) is 18.3. The minimum absolute atomic E-state index is 0.0869. The summed E-state index contributed by atoms with van der Waals surface area (Å²) in [5.74, 6) is -2.91. The highest BCUT2D eigenvalue weighted by molar-refractivity contribution is 8.29. The molecule has 2 aromatic carbocycles. The first-order valence-electron chi connectivity index (χ1n) is 12.8. The molecule has 0 aliphatic carbocycles. The molecule has 0 fully saturated rings. The molecule has 0 unspecified atom stereocenters. The predicted molar refractivity (Wildman–Crippen MR) is 165 cm³/mol. The van der Waals surface area contributed by atoms with Crippen LogP contribution in [0.3, 0.4) is 0 Å². The number of carbonyl (C=O) groups excluding carboxylic acids is 5. The van der Waals surface area contributed by atoms with Crippen LogP contribution < -0.4 is 4.90 Å². The van der Waals surface area contributed by atoms with Crippen LogP contribution in [-0.2, 0) is 23.9 Å². The number of fused-ring (bicyclic) bond motifs is 2. The molecule has 0 radical (unpaired) electrons. The Hall–Kier alpha value is -3.74. The number of anilines is 1. The van der Waals surface area contributed by atoms with Crippen molar-refractivity contribution in [3.05, 3.63) is 78.8 Å². The summed E-state index contributed by atoms with van der Waals surface area (Å²) in [7, 11) is 2.46. The van der Waals surface area contributed by atoms with Gasteiger partial charge in [-0.25, -0.2) is 9.59 Å². The van der Waals surface area contributed by atoms with Crippen molar-refractivity contribution in [2.45, 2.75) is 39.3 Å². The Morgan fingerprint density at radius 2 is 1.40 bits per heavy atom. The zero-order valence-electron chi connectivity index (χ0n) is 23.6. The molecule has 3 amide bonds. The van der Waals surface area contributed by atoms with E-state index in [9.17, 15) is 24.0 Å². The Morgan fingerprint density at radius 3 is 1.90 bits per heavy atom. The quantitative estimate of drug-likeness (QED) is 0.203. The maximum absolute atomic E-state index is 14.3. The summed E-state index contributed by atoms with van der Waals surface area (Å²) in [6, 6.07) is 10.9. The number of hydrogen-bond acceptors (Lipinski definition) is 10. The number of thioether (sulfide) groups is 2. The number of aryl methyl sites for hydroxylation is 1. The minimum Gasteiger partial charge on any atom is -0.465 e. The van der Waals surface area contributed by atoms with E-state index in [2.05, 4.69) is 0 Å². The lowest BCUT2D eigenvalue weighted by Crippen LogP contribution is -2.61. The Kier molecular flexibility index (Phi) is 7.67. The van der Waals surface area contributed by atoms with Gasteiger partial charge in [0.1, 0.15) is 15.9 Å². The largest absolute Gasteiger partial charge is 0.465 e. The lowest BCUT2D eigenvalue weighted by Gasteiger charge is -2.46. The number of methoxy groups -OCH3 is 2. The Balaban J connectivity index is 1.61. The molecular weight excluding hydrogens is 597 g/mol. The molecule has 216 valence electrons. The van der Waals surface area contributed by atoms with Crippen LogP contribution in [0.15, 0.2) is 56.5 Å². The molecule has 5 rings (SSSR count). The van der Waals surface area contributed by atoms with Crippen molar-refractivity contribution in [1.82, 2.24) is 4.90 Å². The monoisotopic (exact) mass is 622 g/mol. The van der Waals surface area contributed by atoms with Gasteiger partial charge in [-0.2, -0.15) is 0 Å². The maximum Gasteiger partial charge on any atom is 0.346 e. The standard InChI is InChI=1S/C30H26N2O7S3/c1-14-11-12-18-19(13-14)32(24(33)15(2)31-25(34)16-9-7-8-10-17(16)26(31)35)30(3,4)23(40)20(18)29-41-21(27(36)38-5)22(42-29)28(37)39-6/h7-13,15H,1-6H3/t15-/m0/s1.